The maximum atomic E-state index is 12.2. The summed E-state index contributed by atoms with van der Waals surface area (Å²) in [6.07, 6.45) is 3.03. The molecule has 1 amide bonds. The summed E-state index contributed by atoms with van der Waals surface area (Å²) in [5.41, 5.74) is 0.424. The zero-order chi connectivity index (χ0) is 14.3. The van der Waals surface area contributed by atoms with Crippen LogP contribution in [0.25, 0.3) is 0 Å². The van der Waals surface area contributed by atoms with E-state index in [1.54, 1.807) is 25.3 Å². The molecule has 1 aromatic heterocycles. The maximum Gasteiger partial charge on any atom is 0.310 e. The fourth-order valence-electron chi connectivity index (χ4n) is 1.67. The molecule has 1 heterocycles. The minimum absolute atomic E-state index is 0.162. The number of methoxy groups -OCH3 is 1. The van der Waals surface area contributed by atoms with Gasteiger partial charge in [-0.2, -0.15) is 0 Å². The first-order valence-electron chi connectivity index (χ1n) is 5.98. The van der Waals surface area contributed by atoms with Gasteiger partial charge in [-0.15, -0.1) is 0 Å². The van der Waals surface area contributed by atoms with Crippen molar-refractivity contribution in [1.82, 2.24) is 9.88 Å². The van der Waals surface area contributed by atoms with Gasteiger partial charge in [0.15, 0.2) is 0 Å². The lowest BCUT2D eigenvalue weighted by Gasteiger charge is -2.24. The molecule has 0 aliphatic rings. The molecule has 6 nitrogen and oxygen atoms in total. The number of aromatic nitrogens is 1. The van der Waals surface area contributed by atoms with E-state index in [0.29, 0.717) is 5.56 Å². The first-order chi connectivity index (χ1) is 9.10. The van der Waals surface area contributed by atoms with Gasteiger partial charge in [0.1, 0.15) is 0 Å². The number of pyridine rings is 1. The number of aliphatic hydroxyl groups is 1. The number of esters is 1. The highest BCUT2D eigenvalue weighted by Gasteiger charge is 2.22. The molecule has 6 heteroatoms. The molecular formula is C13H18N2O4. The predicted octanol–water partition coefficient (Wildman–Crippen LogP) is 0.325. The molecule has 1 rings (SSSR count). The van der Waals surface area contributed by atoms with Crippen molar-refractivity contribution in [2.45, 2.75) is 6.92 Å². The number of hydrogen-bond acceptors (Lipinski definition) is 5. The molecule has 0 radical (unpaired) electrons. The van der Waals surface area contributed by atoms with E-state index in [-0.39, 0.29) is 31.6 Å². The van der Waals surface area contributed by atoms with Crippen molar-refractivity contribution in [3.05, 3.63) is 30.1 Å². The average Bonchev–Trinajstić information content (AvgIpc) is 2.45. The van der Waals surface area contributed by atoms with Crippen LogP contribution < -0.4 is 0 Å². The second-order valence-corrected chi connectivity index (χ2v) is 4.14. The Morgan fingerprint density at radius 1 is 1.53 bits per heavy atom. The summed E-state index contributed by atoms with van der Waals surface area (Å²) in [6.45, 7) is 1.86. The van der Waals surface area contributed by atoms with Crippen molar-refractivity contribution in [3.8, 4) is 0 Å². The third-order valence-corrected chi connectivity index (χ3v) is 2.66. The molecule has 0 aliphatic heterocycles. The molecule has 104 valence electrons. The Kier molecular flexibility index (Phi) is 5.95. The second-order valence-electron chi connectivity index (χ2n) is 4.14. The average molecular weight is 266 g/mol. The number of carbonyl (C=O) groups is 2. The Morgan fingerprint density at radius 3 is 2.79 bits per heavy atom. The Bertz CT molecular complexity index is 422. The largest absolute Gasteiger partial charge is 0.469 e. The van der Waals surface area contributed by atoms with Gasteiger partial charge in [0.05, 0.1) is 25.2 Å². The Morgan fingerprint density at radius 2 is 2.26 bits per heavy atom. The van der Waals surface area contributed by atoms with Gasteiger partial charge in [0.2, 0.25) is 0 Å². The summed E-state index contributed by atoms with van der Waals surface area (Å²) >= 11 is 0. The lowest BCUT2D eigenvalue weighted by Crippen LogP contribution is -2.39. The molecule has 0 fully saturated rings. The molecule has 0 aliphatic carbocycles. The molecule has 1 aromatic rings. The highest BCUT2D eigenvalue weighted by atomic mass is 16.5. The van der Waals surface area contributed by atoms with E-state index in [9.17, 15) is 9.59 Å². The van der Waals surface area contributed by atoms with Crippen LogP contribution in [0.3, 0.4) is 0 Å². The lowest BCUT2D eigenvalue weighted by atomic mass is 10.1. The molecule has 0 saturated heterocycles. The molecule has 0 spiro atoms. The Balaban J connectivity index is 2.77. The first-order valence-corrected chi connectivity index (χ1v) is 5.98. The van der Waals surface area contributed by atoms with E-state index in [1.165, 1.54) is 18.2 Å². The van der Waals surface area contributed by atoms with Crippen LogP contribution in [-0.4, -0.2) is 53.7 Å². The van der Waals surface area contributed by atoms with Crippen molar-refractivity contribution < 1.29 is 19.4 Å². The number of ether oxygens (including phenoxy) is 1. The van der Waals surface area contributed by atoms with Crippen LogP contribution in [0.1, 0.15) is 17.3 Å². The SMILES string of the molecule is COC(=O)C(C)CN(CCO)C(=O)c1cccnc1. The van der Waals surface area contributed by atoms with Crippen LogP contribution in [0.2, 0.25) is 0 Å². The monoisotopic (exact) mass is 266 g/mol. The smallest absolute Gasteiger partial charge is 0.310 e. The number of nitrogens with zero attached hydrogens (tertiary/aromatic N) is 2. The van der Waals surface area contributed by atoms with E-state index in [2.05, 4.69) is 9.72 Å². The Labute approximate surface area is 112 Å². The van der Waals surface area contributed by atoms with Crippen LogP contribution >= 0.6 is 0 Å². The van der Waals surface area contributed by atoms with Gasteiger partial charge >= 0.3 is 5.97 Å². The van der Waals surface area contributed by atoms with Gasteiger partial charge in [-0.1, -0.05) is 6.92 Å². The van der Waals surface area contributed by atoms with Crippen molar-refractivity contribution in [3.63, 3.8) is 0 Å². The summed E-state index contributed by atoms with van der Waals surface area (Å²) in [4.78, 5) is 28.9. The van der Waals surface area contributed by atoms with Crippen molar-refractivity contribution in [2.24, 2.45) is 5.92 Å². The molecule has 0 aromatic carbocycles. The van der Waals surface area contributed by atoms with E-state index in [1.807, 2.05) is 0 Å². The highest BCUT2D eigenvalue weighted by molar-refractivity contribution is 5.94. The third-order valence-electron chi connectivity index (χ3n) is 2.66. The zero-order valence-corrected chi connectivity index (χ0v) is 11.1. The summed E-state index contributed by atoms with van der Waals surface area (Å²) in [6, 6.07) is 3.30. The molecule has 0 saturated carbocycles. The third kappa shape index (κ3) is 4.33. The van der Waals surface area contributed by atoms with E-state index >= 15 is 0 Å². The van der Waals surface area contributed by atoms with Gasteiger partial charge in [-0.25, -0.2) is 0 Å². The van der Waals surface area contributed by atoms with Gasteiger partial charge < -0.3 is 14.7 Å². The number of carbonyl (C=O) groups excluding carboxylic acids is 2. The summed E-state index contributed by atoms with van der Waals surface area (Å²) in [5.74, 6) is -1.10. The van der Waals surface area contributed by atoms with E-state index < -0.39 is 5.92 Å². The molecule has 1 unspecified atom stereocenters. The van der Waals surface area contributed by atoms with Gasteiger partial charge in [-0.05, 0) is 12.1 Å². The summed E-state index contributed by atoms with van der Waals surface area (Å²) < 4.78 is 4.62. The quantitative estimate of drug-likeness (QED) is 0.750. The Hall–Kier alpha value is -1.95. The summed E-state index contributed by atoms with van der Waals surface area (Å²) in [5, 5.41) is 9.02. The normalized spacial score (nSPS) is 11.7. The molecule has 0 bridgehead atoms. The highest BCUT2D eigenvalue weighted by Crippen LogP contribution is 2.07. The fourth-order valence-corrected chi connectivity index (χ4v) is 1.67. The molecule has 19 heavy (non-hydrogen) atoms. The summed E-state index contributed by atoms with van der Waals surface area (Å²) in [7, 11) is 1.30. The topological polar surface area (TPSA) is 79.7 Å². The van der Waals surface area contributed by atoms with Crippen LogP contribution in [0.5, 0.6) is 0 Å². The lowest BCUT2D eigenvalue weighted by molar-refractivity contribution is -0.145. The minimum atomic E-state index is -0.447. The first kappa shape index (κ1) is 15.1. The fraction of sp³-hybridized carbons (Fsp3) is 0.462. The predicted molar refractivity (Wildman–Crippen MR) is 68.4 cm³/mol. The number of hydrogen-bond donors (Lipinski definition) is 1. The molecule has 1 atom stereocenters. The van der Waals surface area contributed by atoms with Crippen molar-refractivity contribution >= 4 is 11.9 Å². The second kappa shape index (κ2) is 7.48. The van der Waals surface area contributed by atoms with Gasteiger partial charge in [-0.3, -0.25) is 14.6 Å². The van der Waals surface area contributed by atoms with E-state index in [0.717, 1.165) is 0 Å². The number of rotatable bonds is 6. The van der Waals surface area contributed by atoms with Crippen molar-refractivity contribution in [1.29, 1.82) is 0 Å². The maximum absolute atomic E-state index is 12.2. The zero-order valence-electron chi connectivity index (χ0n) is 11.1. The van der Waals surface area contributed by atoms with Crippen molar-refractivity contribution in [2.75, 3.05) is 26.8 Å². The van der Waals surface area contributed by atoms with E-state index in [4.69, 9.17) is 5.11 Å². The van der Waals surface area contributed by atoms with Gasteiger partial charge in [0, 0.05) is 25.5 Å². The van der Waals surface area contributed by atoms with Gasteiger partial charge in [0.25, 0.3) is 5.91 Å². The molecule has 1 N–H and O–H groups in total. The van der Waals surface area contributed by atoms with Crippen LogP contribution in [0, 0.1) is 5.92 Å². The number of aliphatic hydroxyl groups excluding tert-OH is 1. The minimum Gasteiger partial charge on any atom is -0.469 e. The van der Waals surface area contributed by atoms with Crippen LogP contribution in [0.15, 0.2) is 24.5 Å². The molecular weight excluding hydrogens is 248 g/mol. The standard InChI is InChI=1S/C13H18N2O4/c1-10(13(18)19-2)9-15(6-7-16)12(17)11-4-3-5-14-8-11/h3-5,8,10,16H,6-7,9H2,1-2H3. The van der Waals surface area contributed by atoms with Crippen LogP contribution in [-0.2, 0) is 9.53 Å². The van der Waals surface area contributed by atoms with Crippen LogP contribution in [0.4, 0.5) is 0 Å². The number of amides is 1.